The Hall–Kier alpha value is -2.87. The molecule has 2 saturated heterocycles. The van der Waals surface area contributed by atoms with Gasteiger partial charge in [-0.1, -0.05) is 24.3 Å². The monoisotopic (exact) mass is 558 g/mol. The van der Waals surface area contributed by atoms with Crippen LogP contribution in [0.5, 0.6) is 11.5 Å². The molecule has 216 valence electrons. The van der Waals surface area contributed by atoms with Crippen LogP contribution in [0.2, 0.25) is 0 Å². The van der Waals surface area contributed by atoms with E-state index in [1.807, 2.05) is 0 Å². The number of benzene rings is 2. The first kappa shape index (κ1) is 28.7. The van der Waals surface area contributed by atoms with E-state index in [2.05, 4.69) is 0 Å². The first-order chi connectivity index (χ1) is 19.0. The van der Waals surface area contributed by atoms with Crippen LogP contribution in [-0.4, -0.2) is 98.0 Å². The van der Waals surface area contributed by atoms with Gasteiger partial charge in [0.05, 0.1) is 43.2 Å². The second-order valence-electron chi connectivity index (χ2n) is 10.6. The molecule has 3 aliphatic rings. The van der Waals surface area contributed by atoms with Crippen LogP contribution in [0.3, 0.4) is 0 Å². The third-order valence-electron chi connectivity index (χ3n) is 8.07. The summed E-state index contributed by atoms with van der Waals surface area (Å²) in [5.41, 5.74) is 2.80. The Morgan fingerprint density at radius 3 is 2.30 bits per heavy atom. The Labute approximate surface area is 230 Å². The standard InChI is InChI=1S/C29H34O11/c1-12-24(33)18(32)10-20(39-12)23-19(38-2)9-16-7-15(8-17(31)22(16)26(23)35)13-3-5-14(6-4-13)29-28(37)27(36)25(34)21(11-30)40-29/h3-6,8-9,12,18,20-21,24-25,27-30,32-37H,7,10-11H2,1-2H3. The van der Waals surface area contributed by atoms with Gasteiger partial charge in [-0.3, -0.25) is 4.79 Å². The van der Waals surface area contributed by atoms with Gasteiger partial charge in [-0.05, 0) is 47.8 Å². The smallest absolute Gasteiger partial charge is 0.190 e. The summed E-state index contributed by atoms with van der Waals surface area (Å²) in [6.07, 6.45) is -8.22. The van der Waals surface area contributed by atoms with E-state index in [-0.39, 0.29) is 23.3 Å². The molecule has 0 bridgehead atoms. The number of phenolic OH excluding ortho intramolecular Hbond substituents is 1. The molecule has 2 aromatic carbocycles. The van der Waals surface area contributed by atoms with E-state index < -0.39 is 67.3 Å². The third-order valence-corrected chi connectivity index (χ3v) is 8.07. The summed E-state index contributed by atoms with van der Waals surface area (Å²) in [5, 5.41) is 71.6. The highest BCUT2D eigenvalue weighted by atomic mass is 16.5. The van der Waals surface area contributed by atoms with E-state index >= 15 is 0 Å². The lowest BCUT2D eigenvalue weighted by Crippen LogP contribution is -2.55. The number of aromatic hydroxyl groups is 1. The van der Waals surface area contributed by atoms with Crippen molar-refractivity contribution in [1.82, 2.24) is 0 Å². The van der Waals surface area contributed by atoms with E-state index in [0.29, 0.717) is 34.4 Å². The van der Waals surface area contributed by atoms with E-state index in [4.69, 9.17) is 14.2 Å². The van der Waals surface area contributed by atoms with Gasteiger partial charge in [0, 0.05) is 6.42 Å². The predicted octanol–water partition coefficient (Wildman–Crippen LogP) is 0.310. The Kier molecular flexibility index (Phi) is 8.01. The van der Waals surface area contributed by atoms with Crippen molar-refractivity contribution in [2.75, 3.05) is 13.7 Å². The number of ketones is 1. The van der Waals surface area contributed by atoms with Crippen LogP contribution in [0.1, 0.15) is 58.2 Å². The molecular weight excluding hydrogens is 524 g/mol. The highest BCUT2D eigenvalue weighted by Crippen LogP contribution is 2.46. The van der Waals surface area contributed by atoms with Gasteiger partial charge in [-0.15, -0.1) is 0 Å². The minimum Gasteiger partial charge on any atom is -0.507 e. The molecule has 0 amide bonds. The SMILES string of the molecule is COc1cc2c(c(O)c1C1CC(O)C(O)C(C)O1)C(=O)C=C(c1ccc(C3OC(CO)C(O)C(O)C3O)cc1)C2. The second kappa shape index (κ2) is 11.2. The molecule has 2 aromatic rings. The number of carbonyl (C=O) groups excluding carboxylic acids is 1. The van der Waals surface area contributed by atoms with E-state index in [1.165, 1.54) is 13.2 Å². The molecule has 7 N–H and O–H groups in total. The lowest BCUT2D eigenvalue weighted by molar-refractivity contribution is -0.231. The maximum atomic E-state index is 13.3. The molecule has 0 spiro atoms. The summed E-state index contributed by atoms with van der Waals surface area (Å²) in [6.45, 7) is 1.09. The van der Waals surface area contributed by atoms with Gasteiger partial charge in [0.2, 0.25) is 0 Å². The quantitative estimate of drug-likeness (QED) is 0.268. The van der Waals surface area contributed by atoms with Crippen LogP contribution in [0, 0.1) is 0 Å². The second-order valence-corrected chi connectivity index (χ2v) is 10.6. The van der Waals surface area contributed by atoms with Crippen LogP contribution >= 0.6 is 0 Å². The largest absolute Gasteiger partial charge is 0.507 e. The minimum atomic E-state index is -1.49. The molecule has 1 aliphatic carbocycles. The van der Waals surface area contributed by atoms with Gasteiger partial charge in [0.25, 0.3) is 0 Å². The molecule has 0 aromatic heterocycles. The molecule has 2 fully saturated rings. The molecule has 2 aliphatic heterocycles. The molecular formula is C29H34O11. The highest BCUT2D eigenvalue weighted by molar-refractivity contribution is 6.14. The first-order valence-corrected chi connectivity index (χ1v) is 13.2. The zero-order chi connectivity index (χ0) is 28.9. The van der Waals surface area contributed by atoms with Crippen molar-refractivity contribution in [3.8, 4) is 11.5 Å². The summed E-state index contributed by atoms with van der Waals surface area (Å²) >= 11 is 0. The molecule has 0 radical (unpaired) electrons. The lowest BCUT2D eigenvalue weighted by atomic mass is 9.83. The number of fused-ring (bicyclic) bond motifs is 1. The van der Waals surface area contributed by atoms with E-state index in [9.17, 15) is 40.5 Å². The van der Waals surface area contributed by atoms with Crippen molar-refractivity contribution < 1.29 is 54.8 Å². The summed E-state index contributed by atoms with van der Waals surface area (Å²) in [6, 6.07) is 8.48. The van der Waals surface area contributed by atoms with Crippen LogP contribution in [0.25, 0.3) is 5.57 Å². The van der Waals surface area contributed by atoms with Gasteiger partial charge in [0.1, 0.15) is 48.1 Å². The fourth-order valence-corrected chi connectivity index (χ4v) is 5.79. The summed E-state index contributed by atoms with van der Waals surface area (Å²) < 4.78 is 17.0. The normalized spacial score (nSPS) is 34.2. The average molecular weight is 559 g/mol. The van der Waals surface area contributed by atoms with E-state index in [1.54, 1.807) is 37.3 Å². The predicted molar refractivity (Wildman–Crippen MR) is 140 cm³/mol. The number of allylic oxidation sites excluding steroid dienone is 2. The number of aliphatic hydroxyl groups excluding tert-OH is 6. The van der Waals surface area contributed by atoms with Crippen molar-refractivity contribution >= 4 is 11.4 Å². The van der Waals surface area contributed by atoms with Gasteiger partial charge >= 0.3 is 0 Å². The van der Waals surface area contributed by atoms with Crippen LogP contribution in [0.15, 0.2) is 36.4 Å². The summed E-state index contributed by atoms with van der Waals surface area (Å²) in [7, 11) is 1.43. The Morgan fingerprint density at radius 2 is 1.68 bits per heavy atom. The van der Waals surface area contributed by atoms with E-state index in [0.717, 1.165) is 0 Å². The molecule has 2 heterocycles. The fraction of sp³-hybridized carbons (Fsp3) is 0.483. The Bertz CT molecular complexity index is 1280. The number of phenols is 1. The average Bonchev–Trinajstić information content (AvgIpc) is 2.94. The maximum absolute atomic E-state index is 13.3. The van der Waals surface area contributed by atoms with Crippen LogP contribution in [0.4, 0.5) is 0 Å². The van der Waals surface area contributed by atoms with Crippen molar-refractivity contribution in [2.45, 2.75) is 74.7 Å². The summed E-state index contributed by atoms with van der Waals surface area (Å²) in [5.74, 6) is -0.405. The Balaban J connectivity index is 1.42. The number of hydrogen-bond donors (Lipinski definition) is 7. The lowest BCUT2D eigenvalue weighted by Gasteiger charge is -2.40. The van der Waals surface area contributed by atoms with Crippen molar-refractivity contribution in [3.63, 3.8) is 0 Å². The van der Waals surface area contributed by atoms with Crippen LogP contribution in [-0.2, 0) is 15.9 Å². The van der Waals surface area contributed by atoms with Gasteiger partial charge in [-0.25, -0.2) is 0 Å². The molecule has 11 nitrogen and oxygen atoms in total. The van der Waals surface area contributed by atoms with Gasteiger partial charge < -0.3 is 50.0 Å². The number of rotatable bonds is 5. The van der Waals surface area contributed by atoms with Crippen molar-refractivity contribution in [3.05, 3.63) is 64.2 Å². The zero-order valence-corrected chi connectivity index (χ0v) is 22.0. The molecule has 9 unspecified atom stereocenters. The van der Waals surface area contributed by atoms with Crippen molar-refractivity contribution in [2.24, 2.45) is 0 Å². The molecule has 40 heavy (non-hydrogen) atoms. The topological polar surface area (TPSA) is 186 Å². The summed E-state index contributed by atoms with van der Waals surface area (Å²) in [4.78, 5) is 13.3. The van der Waals surface area contributed by atoms with Crippen LogP contribution < -0.4 is 4.74 Å². The van der Waals surface area contributed by atoms with Gasteiger partial charge in [0.15, 0.2) is 5.78 Å². The number of methoxy groups -OCH3 is 1. The fourth-order valence-electron chi connectivity index (χ4n) is 5.79. The minimum absolute atomic E-state index is 0.0181. The molecule has 11 heteroatoms. The number of carbonyl (C=O) groups is 1. The zero-order valence-electron chi connectivity index (χ0n) is 22.0. The molecule has 9 atom stereocenters. The number of aliphatic hydroxyl groups is 6. The first-order valence-electron chi connectivity index (χ1n) is 13.2. The number of ether oxygens (including phenoxy) is 3. The van der Waals surface area contributed by atoms with Crippen molar-refractivity contribution in [1.29, 1.82) is 0 Å². The number of hydrogen-bond acceptors (Lipinski definition) is 11. The Morgan fingerprint density at radius 1 is 0.975 bits per heavy atom. The maximum Gasteiger partial charge on any atom is 0.190 e. The molecule has 0 saturated carbocycles. The van der Waals surface area contributed by atoms with Gasteiger partial charge in [-0.2, -0.15) is 0 Å². The highest BCUT2D eigenvalue weighted by Gasteiger charge is 2.44. The molecule has 5 rings (SSSR count). The third kappa shape index (κ3) is 4.93.